The van der Waals surface area contributed by atoms with Gasteiger partial charge >= 0.3 is 0 Å². The molecule has 0 fully saturated rings. The molecule has 0 aliphatic heterocycles. The summed E-state index contributed by atoms with van der Waals surface area (Å²) < 4.78 is 0. The first kappa shape index (κ1) is 14.9. The summed E-state index contributed by atoms with van der Waals surface area (Å²) >= 11 is 0. The number of nitrogens with one attached hydrogen (secondary N) is 1. The molecule has 1 aromatic rings. The van der Waals surface area contributed by atoms with Crippen LogP contribution in [0.5, 0.6) is 0 Å². The predicted molar refractivity (Wildman–Crippen MR) is 82.0 cm³/mol. The lowest BCUT2D eigenvalue weighted by Crippen LogP contribution is -2.23. The van der Waals surface area contributed by atoms with Crippen molar-refractivity contribution in [2.24, 2.45) is 5.41 Å². The smallest absolute Gasteiger partial charge is 0.0390 e. The summed E-state index contributed by atoms with van der Waals surface area (Å²) in [6.07, 6.45) is 5.22. The van der Waals surface area contributed by atoms with E-state index in [0.717, 1.165) is 17.8 Å². The lowest BCUT2D eigenvalue weighted by molar-refractivity contribution is 0.342. The van der Waals surface area contributed by atoms with Gasteiger partial charge in [-0.05, 0) is 36.5 Å². The van der Waals surface area contributed by atoms with Gasteiger partial charge in [0.1, 0.15) is 0 Å². The second-order valence-corrected chi connectivity index (χ2v) is 5.99. The van der Waals surface area contributed by atoms with E-state index in [4.69, 9.17) is 5.73 Å². The summed E-state index contributed by atoms with van der Waals surface area (Å²) in [7, 11) is 0. The third-order valence-corrected chi connectivity index (χ3v) is 3.59. The number of benzene rings is 1. The highest BCUT2D eigenvalue weighted by molar-refractivity contribution is 5.62. The number of nitrogens with two attached hydrogens (primary N) is 1. The highest BCUT2D eigenvalue weighted by Gasteiger charge is 2.17. The molecule has 18 heavy (non-hydrogen) atoms. The van der Waals surface area contributed by atoms with Crippen molar-refractivity contribution in [1.29, 1.82) is 0 Å². The number of nitrogen functional groups attached to an aromatic ring is 1. The topological polar surface area (TPSA) is 38.0 Å². The van der Waals surface area contributed by atoms with E-state index in [1.807, 2.05) is 12.1 Å². The van der Waals surface area contributed by atoms with Crippen molar-refractivity contribution < 1.29 is 0 Å². The fourth-order valence-electron chi connectivity index (χ4n) is 2.12. The molecule has 102 valence electrons. The maximum atomic E-state index is 5.92. The lowest BCUT2D eigenvalue weighted by Gasteiger charge is -2.26. The lowest BCUT2D eigenvalue weighted by atomic mass is 9.86. The van der Waals surface area contributed by atoms with E-state index in [0.29, 0.717) is 5.41 Å². The van der Waals surface area contributed by atoms with Gasteiger partial charge in [-0.25, -0.2) is 0 Å². The van der Waals surface area contributed by atoms with Crippen LogP contribution in [0.4, 0.5) is 11.4 Å². The third kappa shape index (κ3) is 4.59. The molecule has 0 saturated heterocycles. The van der Waals surface area contributed by atoms with Crippen molar-refractivity contribution in [2.75, 3.05) is 17.6 Å². The average molecular weight is 248 g/mol. The van der Waals surface area contributed by atoms with Crippen LogP contribution in [-0.4, -0.2) is 6.54 Å². The molecule has 3 N–H and O–H groups in total. The minimum atomic E-state index is 0.339. The zero-order valence-electron chi connectivity index (χ0n) is 12.3. The van der Waals surface area contributed by atoms with Gasteiger partial charge in [0.15, 0.2) is 0 Å². The van der Waals surface area contributed by atoms with Gasteiger partial charge in [0.25, 0.3) is 0 Å². The third-order valence-electron chi connectivity index (χ3n) is 3.59. The van der Waals surface area contributed by atoms with Crippen molar-refractivity contribution in [1.82, 2.24) is 0 Å². The van der Waals surface area contributed by atoms with Gasteiger partial charge in [-0.15, -0.1) is 0 Å². The van der Waals surface area contributed by atoms with Crippen LogP contribution in [0.15, 0.2) is 18.2 Å². The SMILES string of the molecule is CCCCCC(C)(C)CNc1cccc(N)c1C. The first-order valence-electron chi connectivity index (χ1n) is 7.05. The number of hydrogen-bond acceptors (Lipinski definition) is 2. The summed E-state index contributed by atoms with van der Waals surface area (Å²) in [5.41, 5.74) is 9.44. The molecule has 0 radical (unpaired) electrons. The van der Waals surface area contributed by atoms with Gasteiger partial charge in [0, 0.05) is 17.9 Å². The standard InChI is InChI=1S/C16H28N2/c1-5-6-7-11-16(3,4)12-18-15-10-8-9-14(17)13(15)2/h8-10,18H,5-7,11-12,17H2,1-4H3. The van der Waals surface area contributed by atoms with Crippen molar-refractivity contribution in [3.63, 3.8) is 0 Å². The van der Waals surface area contributed by atoms with Crippen LogP contribution in [0.3, 0.4) is 0 Å². The highest BCUT2D eigenvalue weighted by atomic mass is 14.9. The molecular weight excluding hydrogens is 220 g/mol. The Hall–Kier alpha value is -1.18. The van der Waals surface area contributed by atoms with Crippen LogP contribution < -0.4 is 11.1 Å². The Bertz CT molecular complexity index is 369. The summed E-state index contributed by atoms with van der Waals surface area (Å²) in [5.74, 6) is 0. The molecule has 0 unspecified atom stereocenters. The van der Waals surface area contributed by atoms with E-state index in [2.05, 4.69) is 39.1 Å². The molecule has 0 atom stereocenters. The number of hydrogen-bond donors (Lipinski definition) is 2. The van der Waals surface area contributed by atoms with Gasteiger partial charge in [-0.1, -0.05) is 46.1 Å². The van der Waals surface area contributed by atoms with Crippen LogP contribution in [0.1, 0.15) is 52.0 Å². The molecule has 2 nitrogen and oxygen atoms in total. The Morgan fingerprint density at radius 2 is 1.94 bits per heavy atom. The second kappa shape index (κ2) is 6.67. The Labute approximate surface area is 112 Å². The van der Waals surface area contributed by atoms with Crippen LogP contribution >= 0.6 is 0 Å². The van der Waals surface area contributed by atoms with Crippen LogP contribution in [0.25, 0.3) is 0 Å². The molecule has 0 saturated carbocycles. The number of anilines is 2. The first-order valence-corrected chi connectivity index (χ1v) is 7.05. The molecule has 0 aromatic heterocycles. The normalized spacial score (nSPS) is 11.6. The zero-order chi connectivity index (χ0) is 13.6. The average Bonchev–Trinajstić information content (AvgIpc) is 2.31. The van der Waals surface area contributed by atoms with E-state index in [-0.39, 0.29) is 0 Å². The van der Waals surface area contributed by atoms with Crippen molar-refractivity contribution in [3.8, 4) is 0 Å². The van der Waals surface area contributed by atoms with Crippen LogP contribution in [-0.2, 0) is 0 Å². The van der Waals surface area contributed by atoms with E-state index in [1.165, 1.54) is 31.4 Å². The number of unbranched alkanes of at least 4 members (excludes halogenated alkanes) is 2. The predicted octanol–water partition coefficient (Wildman–Crippen LogP) is 4.60. The molecule has 0 heterocycles. The minimum absolute atomic E-state index is 0.339. The molecule has 2 heteroatoms. The van der Waals surface area contributed by atoms with E-state index in [1.54, 1.807) is 0 Å². The Morgan fingerprint density at radius 1 is 1.22 bits per heavy atom. The molecule has 0 aliphatic rings. The maximum Gasteiger partial charge on any atom is 0.0390 e. The molecule has 1 aromatic carbocycles. The van der Waals surface area contributed by atoms with Gasteiger partial charge in [-0.2, -0.15) is 0 Å². The van der Waals surface area contributed by atoms with Gasteiger partial charge in [-0.3, -0.25) is 0 Å². The Balaban J connectivity index is 2.50. The monoisotopic (exact) mass is 248 g/mol. The van der Waals surface area contributed by atoms with Crippen LogP contribution in [0.2, 0.25) is 0 Å². The molecule has 0 amide bonds. The fraction of sp³-hybridized carbons (Fsp3) is 0.625. The summed E-state index contributed by atoms with van der Waals surface area (Å²) in [5, 5.41) is 3.54. The van der Waals surface area contributed by atoms with Crippen LogP contribution in [0, 0.1) is 12.3 Å². The van der Waals surface area contributed by atoms with Crippen molar-refractivity contribution in [3.05, 3.63) is 23.8 Å². The molecule has 0 bridgehead atoms. The molecule has 1 rings (SSSR count). The highest BCUT2D eigenvalue weighted by Crippen LogP contribution is 2.26. The van der Waals surface area contributed by atoms with Crippen molar-refractivity contribution >= 4 is 11.4 Å². The quantitative estimate of drug-likeness (QED) is 0.547. The minimum Gasteiger partial charge on any atom is -0.398 e. The van der Waals surface area contributed by atoms with E-state index >= 15 is 0 Å². The number of rotatable bonds is 7. The Morgan fingerprint density at radius 3 is 2.61 bits per heavy atom. The summed E-state index contributed by atoms with van der Waals surface area (Å²) in [6, 6.07) is 6.06. The summed E-state index contributed by atoms with van der Waals surface area (Å²) in [4.78, 5) is 0. The van der Waals surface area contributed by atoms with Gasteiger partial charge < -0.3 is 11.1 Å². The fourth-order valence-corrected chi connectivity index (χ4v) is 2.12. The Kier molecular flexibility index (Phi) is 5.52. The molecule has 0 spiro atoms. The largest absolute Gasteiger partial charge is 0.398 e. The first-order chi connectivity index (χ1) is 8.46. The second-order valence-electron chi connectivity index (χ2n) is 5.99. The zero-order valence-corrected chi connectivity index (χ0v) is 12.3. The van der Waals surface area contributed by atoms with E-state index < -0.39 is 0 Å². The van der Waals surface area contributed by atoms with Gasteiger partial charge in [0.2, 0.25) is 0 Å². The van der Waals surface area contributed by atoms with E-state index in [9.17, 15) is 0 Å². The molecular formula is C16H28N2. The maximum absolute atomic E-state index is 5.92. The summed E-state index contributed by atoms with van der Waals surface area (Å²) in [6.45, 7) is 9.98. The van der Waals surface area contributed by atoms with Crippen molar-refractivity contribution in [2.45, 2.75) is 53.4 Å². The molecule has 0 aliphatic carbocycles. The van der Waals surface area contributed by atoms with Gasteiger partial charge in [0.05, 0.1) is 0 Å².